The number of para-hydroxylation sites is 1. The third-order valence-corrected chi connectivity index (χ3v) is 6.91. The molecule has 3 aromatic rings. The third kappa shape index (κ3) is 5.06. The van der Waals surface area contributed by atoms with Crippen LogP contribution < -0.4 is 14.5 Å². The van der Waals surface area contributed by atoms with Gasteiger partial charge in [0.1, 0.15) is 11.6 Å². The average Bonchev–Trinajstić information content (AvgIpc) is 2.93. The number of rotatable bonds is 5. The minimum absolute atomic E-state index is 0.0446. The molecule has 0 bridgehead atoms. The zero-order chi connectivity index (χ0) is 24.2. The molecule has 2 aromatic carbocycles. The Morgan fingerprint density at radius 3 is 2.40 bits per heavy atom. The number of hydrogen-bond donors (Lipinski definition) is 0. The fraction of sp³-hybridized carbons (Fsp3) is 0.370. The van der Waals surface area contributed by atoms with Gasteiger partial charge in [0.2, 0.25) is 5.91 Å². The number of carbonyl (C=O) groups is 1. The summed E-state index contributed by atoms with van der Waals surface area (Å²) in [5.41, 5.74) is 2.66. The van der Waals surface area contributed by atoms with Gasteiger partial charge in [0.25, 0.3) is 0 Å². The van der Waals surface area contributed by atoms with Crippen LogP contribution in [-0.2, 0) is 4.79 Å². The molecule has 2 aliphatic heterocycles. The summed E-state index contributed by atoms with van der Waals surface area (Å²) in [6.07, 6.45) is 1.84. The number of hydrogen-bond acceptors (Lipinski definition) is 6. The first-order valence-corrected chi connectivity index (χ1v) is 12.1. The molecule has 3 heterocycles. The van der Waals surface area contributed by atoms with Crippen molar-refractivity contribution in [2.75, 3.05) is 56.2 Å². The predicted molar refractivity (Wildman–Crippen MR) is 134 cm³/mol. The molecule has 1 unspecified atom stereocenters. The van der Waals surface area contributed by atoms with E-state index in [1.54, 1.807) is 19.2 Å². The molecule has 2 saturated heterocycles. The molecule has 1 amide bonds. The number of nitrogens with zero attached hydrogens (tertiary/aromatic N) is 5. The second-order valence-corrected chi connectivity index (χ2v) is 9.05. The van der Waals surface area contributed by atoms with Gasteiger partial charge in [-0.2, -0.15) is 0 Å². The van der Waals surface area contributed by atoms with Gasteiger partial charge in [-0.25, -0.2) is 4.39 Å². The molecule has 1 atom stereocenters. The summed E-state index contributed by atoms with van der Waals surface area (Å²) in [4.78, 5) is 19.7. The van der Waals surface area contributed by atoms with Gasteiger partial charge in [0.05, 0.1) is 18.7 Å². The number of carbonyl (C=O) groups excluding carboxylic acids is 1. The summed E-state index contributed by atoms with van der Waals surface area (Å²) in [7, 11) is 1.65. The normalized spacial score (nSPS) is 18.5. The Morgan fingerprint density at radius 2 is 1.69 bits per heavy atom. The van der Waals surface area contributed by atoms with Gasteiger partial charge in [-0.1, -0.05) is 12.1 Å². The van der Waals surface area contributed by atoms with E-state index < -0.39 is 0 Å². The predicted octanol–water partition coefficient (Wildman–Crippen LogP) is 3.86. The molecule has 0 spiro atoms. The Balaban J connectivity index is 1.20. The average molecular weight is 476 g/mol. The molecule has 2 fully saturated rings. The van der Waals surface area contributed by atoms with Crippen molar-refractivity contribution < 1.29 is 13.9 Å². The number of anilines is 2. The summed E-state index contributed by atoms with van der Waals surface area (Å²) in [5.74, 6) is 1.49. The summed E-state index contributed by atoms with van der Waals surface area (Å²) in [6.45, 7) is 4.39. The molecule has 35 heavy (non-hydrogen) atoms. The van der Waals surface area contributed by atoms with E-state index in [-0.39, 0.29) is 17.6 Å². The zero-order valence-electron chi connectivity index (χ0n) is 19.9. The maximum absolute atomic E-state index is 13.3. The Hall–Kier alpha value is -3.68. The molecule has 8 heteroatoms. The van der Waals surface area contributed by atoms with Crippen LogP contribution in [0.3, 0.4) is 0 Å². The molecular formula is C27H30FN5O2. The van der Waals surface area contributed by atoms with Gasteiger partial charge in [0.15, 0.2) is 5.82 Å². The van der Waals surface area contributed by atoms with E-state index in [9.17, 15) is 9.18 Å². The first kappa shape index (κ1) is 23.1. The van der Waals surface area contributed by atoms with Crippen LogP contribution in [0.15, 0.2) is 60.7 Å². The molecule has 0 aliphatic carbocycles. The fourth-order valence-corrected chi connectivity index (χ4v) is 4.98. The molecule has 0 N–H and O–H groups in total. The van der Waals surface area contributed by atoms with E-state index in [0.717, 1.165) is 61.0 Å². The highest BCUT2D eigenvalue weighted by molar-refractivity contribution is 5.80. The van der Waals surface area contributed by atoms with Gasteiger partial charge in [-0.3, -0.25) is 4.79 Å². The lowest BCUT2D eigenvalue weighted by Gasteiger charge is -2.40. The number of aromatic nitrogens is 2. The number of ether oxygens (including phenoxy) is 1. The Morgan fingerprint density at radius 1 is 0.914 bits per heavy atom. The second-order valence-electron chi connectivity index (χ2n) is 9.05. The SMILES string of the molecule is COc1ccccc1-c1ccc(N2CCCC(C(=O)N3CCN(c4ccc(F)cc4)CC3)C2)nn1. The summed E-state index contributed by atoms with van der Waals surface area (Å²) in [5, 5.41) is 8.91. The van der Waals surface area contributed by atoms with Crippen molar-refractivity contribution in [1.82, 2.24) is 15.1 Å². The molecule has 182 valence electrons. The zero-order valence-corrected chi connectivity index (χ0v) is 19.9. The van der Waals surface area contributed by atoms with Crippen LogP contribution in [0, 0.1) is 11.7 Å². The van der Waals surface area contributed by atoms with E-state index in [4.69, 9.17) is 4.74 Å². The van der Waals surface area contributed by atoms with Gasteiger partial charge < -0.3 is 19.4 Å². The van der Waals surface area contributed by atoms with Crippen molar-refractivity contribution in [3.8, 4) is 17.0 Å². The van der Waals surface area contributed by atoms with Crippen molar-refractivity contribution in [1.29, 1.82) is 0 Å². The van der Waals surface area contributed by atoms with Crippen molar-refractivity contribution >= 4 is 17.4 Å². The lowest BCUT2D eigenvalue weighted by atomic mass is 9.96. The highest BCUT2D eigenvalue weighted by Crippen LogP contribution is 2.29. The minimum atomic E-state index is -0.233. The molecule has 0 radical (unpaired) electrons. The van der Waals surface area contributed by atoms with E-state index in [1.165, 1.54) is 12.1 Å². The highest BCUT2D eigenvalue weighted by atomic mass is 19.1. The smallest absolute Gasteiger partial charge is 0.227 e. The van der Waals surface area contributed by atoms with E-state index in [0.29, 0.717) is 19.6 Å². The van der Waals surface area contributed by atoms with Crippen molar-refractivity contribution in [2.24, 2.45) is 5.92 Å². The fourth-order valence-electron chi connectivity index (χ4n) is 4.98. The minimum Gasteiger partial charge on any atom is -0.496 e. The number of methoxy groups -OCH3 is 1. The van der Waals surface area contributed by atoms with Crippen LogP contribution >= 0.6 is 0 Å². The number of amides is 1. The van der Waals surface area contributed by atoms with Crippen LogP contribution in [0.25, 0.3) is 11.3 Å². The van der Waals surface area contributed by atoms with Gasteiger partial charge in [0, 0.05) is 50.5 Å². The Labute approximate surface area is 205 Å². The number of benzene rings is 2. The lowest BCUT2D eigenvalue weighted by Crippen LogP contribution is -2.52. The van der Waals surface area contributed by atoms with E-state index in [1.807, 2.05) is 41.3 Å². The molecule has 7 nitrogen and oxygen atoms in total. The van der Waals surface area contributed by atoms with Gasteiger partial charge >= 0.3 is 0 Å². The first-order chi connectivity index (χ1) is 17.1. The first-order valence-electron chi connectivity index (χ1n) is 12.1. The lowest BCUT2D eigenvalue weighted by molar-refractivity contribution is -0.136. The molecule has 0 saturated carbocycles. The van der Waals surface area contributed by atoms with Crippen LogP contribution in [0.5, 0.6) is 5.75 Å². The Bertz CT molecular complexity index is 1150. The summed E-state index contributed by atoms with van der Waals surface area (Å²) in [6, 6.07) is 18.2. The maximum Gasteiger partial charge on any atom is 0.227 e. The standard InChI is InChI=1S/C27H30FN5O2/c1-35-25-7-3-2-6-23(25)24-12-13-26(30-29-24)33-14-4-5-20(19-33)27(34)32-17-15-31(16-18-32)22-10-8-21(28)9-11-22/h2-3,6-13,20H,4-5,14-19H2,1H3. The topological polar surface area (TPSA) is 61.8 Å². The molecule has 5 rings (SSSR count). The van der Waals surface area contributed by atoms with Crippen molar-refractivity contribution in [3.63, 3.8) is 0 Å². The van der Waals surface area contributed by atoms with Crippen LogP contribution in [0.2, 0.25) is 0 Å². The van der Waals surface area contributed by atoms with E-state index in [2.05, 4.69) is 20.0 Å². The van der Waals surface area contributed by atoms with Crippen molar-refractivity contribution in [2.45, 2.75) is 12.8 Å². The molecule has 1 aromatic heterocycles. The van der Waals surface area contributed by atoms with Gasteiger partial charge in [-0.05, 0) is 61.4 Å². The molecular weight excluding hydrogens is 445 g/mol. The number of piperidine rings is 1. The summed E-state index contributed by atoms with van der Waals surface area (Å²) < 4.78 is 18.7. The van der Waals surface area contributed by atoms with E-state index >= 15 is 0 Å². The van der Waals surface area contributed by atoms with Crippen LogP contribution in [-0.4, -0.2) is 67.4 Å². The maximum atomic E-state index is 13.3. The Kier molecular flexibility index (Phi) is 6.79. The highest BCUT2D eigenvalue weighted by Gasteiger charge is 2.31. The number of halogens is 1. The van der Waals surface area contributed by atoms with Gasteiger partial charge in [-0.15, -0.1) is 10.2 Å². The largest absolute Gasteiger partial charge is 0.496 e. The monoisotopic (exact) mass is 475 g/mol. The second kappa shape index (κ2) is 10.3. The number of piperazine rings is 1. The third-order valence-electron chi connectivity index (χ3n) is 6.91. The summed E-state index contributed by atoms with van der Waals surface area (Å²) >= 11 is 0. The van der Waals surface area contributed by atoms with Crippen LogP contribution in [0.1, 0.15) is 12.8 Å². The quantitative estimate of drug-likeness (QED) is 0.559. The van der Waals surface area contributed by atoms with Crippen LogP contribution in [0.4, 0.5) is 15.9 Å². The van der Waals surface area contributed by atoms with Crippen molar-refractivity contribution in [3.05, 3.63) is 66.5 Å². The molecule has 2 aliphatic rings.